The Bertz CT molecular complexity index is 961. The lowest BCUT2D eigenvalue weighted by molar-refractivity contribution is -0.192. The van der Waals surface area contributed by atoms with Crippen LogP contribution in [0.1, 0.15) is 0 Å². The number of anilines is 1. The van der Waals surface area contributed by atoms with E-state index in [4.69, 9.17) is 14.3 Å². The molecular weight excluding hydrogens is 445 g/mol. The molecule has 2 N–H and O–H groups in total. The standard InChI is InChI=1S/C14H14N6OS2.C2HF3O2/c1-2-10(22-9-1)12-18-19-14(21-12)23-13-16-4-3-11(17-13)20-7-5-15-6-8-20;3-2(4,5)1(6)7/h1-4,9,15H,5-8H2;(H,6,7). The van der Waals surface area contributed by atoms with Gasteiger partial charge in [-0.25, -0.2) is 14.8 Å². The third kappa shape index (κ3) is 6.14. The highest BCUT2D eigenvalue weighted by Gasteiger charge is 2.38. The van der Waals surface area contributed by atoms with Crippen molar-refractivity contribution >= 4 is 34.9 Å². The van der Waals surface area contributed by atoms with Crippen molar-refractivity contribution in [1.29, 1.82) is 0 Å². The Kier molecular flexibility index (Phi) is 7.23. The van der Waals surface area contributed by atoms with Crippen LogP contribution in [0, 0.1) is 0 Å². The molecule has 0 bridgehead atoms. The summed E-state index contributed by atoms with van der Waals surface area (Å²) in [6.07, 6.45) is -3.32. The molecule has 0 spiro atoms. The van der Waals surface area contributed by atoms with Gasteiger partial charge in [0.2, 0.25) is 0 Å². The summed E-state index contributed by atoms with van der Waals surface area (Å²) in [4.78, 5) is 21.0. The van der Waals surface area contributed by atoms with Crippen LogP contribution in [-0.4, -0.2) is 63.6 Å². The zero-order valence-electron chi connectivity index (χ0n) is 15.2. The van der Waals surface area contributed by atoms with E-state index in [2.05, 4.69) is 30.4 Å². The number of aromatic nitrogens is 4. The molecule has 0 aliphatic carbocycles. The number of nitrogens with one attached hydrogen (secondary N) is 1. The maximum absolute atomic E-state index is 10.6. The summed E-state index contributed by atoms with van der Waals surface area (Å²) in [6.45, 7) is 3.84. The van der Waals surface area contributed by atoms with Crippen LogP contribution in [-0.2, 0) is 4.79 Å². The molecule has 1 aliphatic rings. The van der Waals surface area contributed by atoms with Crippen LogP contribution in [0.25, 0.3) is 10.8 Å². The van der Waals surface area contributed by atoms with Gasteiger partial charge in [0.15, 0.2) is 5.16 Å². The number of thiophene rings is 1. The molecule has 1 aliphatic heterocycles. The van der Waals surface area contributed by atoms with Crippen molar-refractivity contribution in [3.63, 3.8) is 0 Å². The highest BCUT2D eigenvalue weighted by Crippen LogP contribution is 2.29. The Balaban J connectivity index is 0.000000318. The third-order valence-electron chi connectivity index (χ3n) is 3.62. The van der Waals surface area contributed by atoms with Gasteiger partial charge in [0, 0.05) is 44.1 Å². The van der Waals surface area contributed by atoms with Gasteiger partial charge in [-0.15, -0.1) is 21.5 Å². The van der Waals surface area contributed by atoms with E-state index in [1.807, 2.05) is 23.6 Å². The summed E-state index contributed by atoms with van der Waals surface area (Å²) in [7, 11) is 0. The molecule has 0 atom stereocenters. The predicted molar refractivity (Wildman–Crippen MR) is 103 cm³/mol. The fourth-order valence-electron chi connectivity index (χ4n) is 2.28. The van der Waals surface area contributed by atoms with Gasteiger partial charge >= 0.3 is 12.1 Å². The van der Waals surface area contributed by atoms with E-state index in [-0.39, 0.29) is 0 Å². The molecule has 1 fully saturated rings. The third-order valence-corrected chi connectivity index (χ3v) is 5.20. The number of carboxylic acid groups (broad SMARTS) is 1. The van der Waals surface area contributed by atoms with Crippen molar-refractivity contribution in [3.05, 3.63) is 29.8 Å². The summed E-state index contributed by atoms with van der Waals surface area (Å²) in [5.41, 5.74) is 0. The minimum Gasteiger partial charge on any atom is -0.475 e. The highest BCUT2D eigenvalue weighted by molar-refractivity contribution is 7.98. The Morgan fingerprint density at radius 1 is 1.27 bits per heavy atom. The first-order valence-corrected chi connectivity index (χ1v) is 10.2. The number of hydrogen-bond donors (Lipinski definition) is 2. The number of carbonyl (C=O) groups is 1. The van der Waals surface area contributed by atoms with Crippen LogP contribution in [0.15, 0.2) is 44.6 Å². The lowest BCUT2D eigenvalue weighted by atomic mass is 10.3. The number of aliphatic carboxylic acids is 1. The molecule has 0 amide bonds. The zero-order chi connectivity index (χ0) is 21.6. The van der Waals surface area contributed by atoms with Crippen LogP contribution in [0.3, 0.4) is 0 Å². The van der Waals surface area contributed by atoms with Crippen LogP contribution in [0.5, 0.6) is 0 Å². The molecule has 3 aromatic heterocycles. The van der Waals surface area contributed by atoms with Crippen LogP contribution < -0.4 is 10.2 Å². The van der Waals surface area contributed by atoms with Gasteiger partial charge in [-0.1, -0.05) is 6.07 Å². The topological polar surface area (TPSA) is 117 Å². The summed E-state index contributed by atoms with van der Waals surface area (Å²) in [5, 5.41) is 21.6. The quantitative estimate of drug-likeness (QED) is 0.563. The van der Waals surface area contributed by atoms with E-state index in [1.165, 1.54) is 11.8 Å². The summed E-state index contributed by atoms with van der Waals surface area (Å²) >= 11 is 2.85. The molecule has 30 heavy (non-hydrogen) atoms. The Labute approximate surface area is 176 Å². The molecule has 14 heteroatoms. The zero-order valence-corrected chi connectivity index (χ0v) is 16.8. The predicted octanol–water partition coefficient (Wildman–Crippen LogP) is 2.78. The van der Waals surface area contributed by atoms with Gasteiger partial charge in [0.05, 0.1) is 4.88 Å². The molecule has 9 nitrogen and oxygen atoms in total. The number of nitrogens with zero attached hydrogens (tertiary/aromatic N) is 5. The Hall–Kier alpha value is -2.71. The lowest BCUT2D eigenvalue weighted by Crippen LogP contribution is -2.43. The molecule has 160 valence electrons. The second-order valence-corrected chi connectivity index (χ2v) is 7.56. The van der Waals surface area contributed by atoms with Crippen molar-refractivity contribution in [2.24, 2.45) is 0 Å². The SMILES string of the molecule is O=C(O)C(F)(F)F.c1csc(-c2nnc(Sc3nccc(N4CCNCC4)n3)o2)c1. The Morgan fingerprint density at radius 3 is 2.63 bits per heavy atom. The molecule has 0 radical (unpaired) electrons. The van der Waals surface area contributed by atoms with Gasteiger partial charge in [-0.2, -0.15) is 13.2 Å². The fourth-order valence-corrected chi connectivity index (χ4v) is 3.54. The average Bonchev–Trinajstić information content (AvgIpc) is 3.40. The minimum atomic E-state index is -5.08. The molecule has 4 rings (SSSR count). The molecule has 0 aromatic carbocycles. The van der Waals surface area contributed by atoms with Crippen LogP contribution >= 0.6 is 23.1 Å². The van der Waals surface area contributed by atoms with Gasteiger partial charge in [0.1, 0.15) is 5.82 Å². The average molecular weight is 460 g/mol. The number of piperazine rings is 1. The largest absolute Gasteiger partial charge is 0.490 e. The molecule has 0 saturated carbocycles. The monoisotopic (exact) mass is 460 g/mol. The van der Waals surface area contributed by atoms with E-state index in [1.54, 1.807) is 17.5 Å². The fraction of sp³-hybridized carbons (Fsp3) is 0.312. The minimum absolute atomic E-state index is 0.450. The molecule has 3 aromatic rings. The number of alkyl halides is 3. The number of hydrogen-bond acceptors (Lipinski definition) is 10. The molecule has 4 heterocycles. The van der Waals surface area contributed by atoms with Crippen molar-refractivity contribution in [1.82, 2.24) is 25.5 Å². The maximum Gasteiger partial charge on any atom is 0.490 e. The number of rotatable bonds is 4. The second kappa shape index (κ2) is 9.86. The first-order valence-electron chi connectivity index (χ1n) is 8.47. The number of halogens is 3. The van der Waals surface area contributed by atoms with Gasteiger partial charge in [0.25, 0.3) is 11.1 Å². The summed E-state index contributed by atoms with van der Waals surface area (Å²) < 4.78 is 37.4. The maximum atomic E-state index is 10.6. The van der Waals surface area contributed by atoms with Crippen molar-refractivity contribution < 1.29 is 27.5 Å². The van der Waals surface area contributed by atoms with Gasteiger partial charge < -0.3 is 19.7 Å². The van der Waals surface area contributed by atoms with Crippen molar-refractivity contribution in [2.45, 2.75) is 16.6 Å². The van der Waals surface area contributed by atoms with Crippen LogP contribution in [0.4, 0.5) is 19.0 Å². The number of carboxylic acids is 1. The summed E-state index contributed by atoms with van der Waals surface area (Å²) in [6, 6.07) is 5.84. The first kappa shape index (κ1) is 22.0. The normalized spacial score (nSPS) is 14.2. The van der Waals surface area contributed by atoms with Crippen molar-refractivity contribution in [2.75, 3.05) is 31.1 Å². The lowest BCUT2D eigenvalue weighted by Gasteiger charge is -2.28. The van der Waals surface area contributed by atoms with Crippen molar-refractivity contribution in [3.8, 4) is 10.8 Å². The van der Waals surface area contributed by atoms with E-state index >= 15 is 0 Å². The van der Waals surface area contributed by atoms with Gasteiger partial charge in [-0.05, 0) is 17.5 Å². The van der Waals surface area contributed by atoms with E-state index in [0.717, 1.165) is 36.9 Å². The highest BCUT2D eigenvalue weighted by atomic mass is 32.2. The van der Waals surface area contributed by atoms with Crippen LogP contribution in [0.2, 0.25) is 0 Å². The van der Waals surface area contributed by atoms with Gasteiger partial charge in [-0.3, -0.25) is 0 Å². The second-order valence-electron chi connectivity index (χ2n) is 5.69. The van der Waals surface area contributed by atoms with E-state index in [9.17, 15) is 13.2 Å². The smallest absolute Gasteiger partial charge is 0.475 e. The molecule has 0 unspecified atom stereocenters. The summed E-state index contributed by atoms with van der Waals surface area (Å²) in [5.74, 6) is -1.30. The first-order chi connectivity index (χ1) is 14.3. The molecular formula is C16H15F3N6O3S2. The van der Waals surface area contributed by atoms with E-state index < -0.39 is 12.1 Å². The Morgan fingerprint density at radius 2 is 2.00 bits per heavy atom. The van der Waals surface area contributed by atoms with E-state index in [0.29, 0.717) is 16.3 Å². The molecule has 1 saturated heterocycles.